The number of benzene rings is 2. The van der Waals surface area contributed by atoms with E-state index in [2.05, 4.69) is 58.2 Å². The monoisotopic (exact) mass is 304 g/mol. The van der Waals surface area contributed by atoms with E-state index in [9.17, 15) is 0 Å². The number of hydrogen-bond donors (Lipinski definition) is 1. The molecule has 0 heterocycles. The molecule has 0 saturated heterocycles. The van der Waals surface area contributed by atoms with Crippen molar-refractivity contribution in [2.75, 3.05) is 18.5 Å². The van der Waals surface area contributed by atoms with Gasteiger partial charge in [-0.25, -0.2) is 0 Å². The Labute approximate surface area is 117 Å². The van der Waals surface area contributed by atoms with E-state index < -0.39 is 0 Å². The highest BCUT2D eigenvalue weighted by Gasteiger charge is 2.09. The molecule has 0 unspecified atom stereocenters. The summed E-state index contributed by atoms with van der Waals surface area (Å²) >= 11 is 3.53. The largest absolute Gasteiger partial charge is 0.344 e. The van der Waals surface area contributed by atoms with E-state index in [0.29, 0.717) is 6.54 Å². The lowest BCUT2D eigenvalue weighted by Crippen LogP contribution is -2.13. The molecule has 18 heavy (non-hydrogen) atoms. The average Bonchev–Trinajstić information content (AvgIpc) is 2.41. The van der Waals surface area contributed by atoms with Crippen LogP contribution in [-0.2, 0) is 6.42 Å². The molecular weight excluding hydrogens is 288 g/mol. The Kier molecular flexibility index (Phi) is 4.39. The maximum atomic E-state index is 5.68. The summed E-state index contributed by atoms with van der Waals surface area (Å²) in [5.41, 5.74) is 9.32. The number of rotatable bonds is 4. The Morgan fingerprint density at radius 2 is 1.83 bits per heavy atom. The first kappa shape index (κ1) is 13.1. The fourth-order valence-electron chi connectivity index (χ4n) is 2.01. The molecule has 2 N–H and O–H groups in total. The summed E-state index contributed by atoms with van der Waals surface area (Å²) in [6, 6.07) is 16.7. The van der Waals surface area contributed by atoms with Gasteiger partial charge in [0.1, 0.15) is 0 Å². The summed E-state index contributed by atoms with van der Waals surface area (Å²) in [6.45, 7) is 0.664. The molecule has 0 atom stereocenters. The maximum absolute atomic E-state index is 5.68. The Morgan fingerprint density at radius 1 is 1.11 bits per heavy atom. The summed E-state index contributed by atoms with van der Waals surface area (Å²) in [7, 11) is 2.08. The highest BCUT2D eigenvalue weighted by atomic mass is 79.9. The first-order valence-corrected chi connectivity index (χ1v) is 6.79. The second-order valence-corrected chi connectivity index (χ2v) is 5.12. The van der Waals surface area contributed by atoms with E-state index in [4.69, 9.17) is 5.73 Å². The number of nitrogens with two attached hydrogens (primary N) is 1. The van der Waals surface area contributed by atoms with Crippen LogP contribution in [-0.4, -0.2) is 13.6 Å². The Hall–Kier alpha value is -1.32. The van der Waals surface area contributed by atoms with E-state index in [1.807, 2.05) is 18.2 Å². The lowest BCUT2D eigenvalue weighted by atomic mass is 10.1. The van der Waals surface area contributed by atoms with Gasteiger partial charge in [0.2, 0.25) is 0 Å². The Morgan fingerprint density at radius 3 is 2.50 bits per heavy atom. The van der Waals surface area contributed by atoms with Crippen LogP contribution in [0.5, 0.6) is 0 Å². The molecule has 2 aromatic carbocycles. The molecule has 0 saturated carbocycles. The summed E-state index contributed by atoms with van der Waals surface area (Å²) in [5.74, 6) is 0. The molecule has 3 heteroatoms. The van der Waals surface area contributed by atoms with Crippen molar-refractivity contribution in [2.45, 2.75) is 6.42 Å². The molecule has 0 fully saturated rings. The first-order valence-electron chi connectivity index (χ1n) is 5.99. The summed E-state index contributed by atoms with van der Waals surface area (Å²) in [4.78, 5) is 2.19. The molecule has 2 aromatic rings. The van der Waals surface area contributed by atoms with Crippen molar-refractivity contribution >= 4 is 27.3 Å². The van der Waals surface area contributed by atoms with E-state index in [0.717, 1.165) is 10.9 Å². The van der Waals surface area contributed by atoms with Gasteiger partial charge in [-0.2, -0.15) is 0 Å². The van der Waals surface area contributed by atoms with Crippen LogP contribution in [0.1, 0.15) is 5.56 Å². The minimum absolute atomic E-state index is 0.664. The van der Waals surface area contributed by atoms with Gasteiger partial charge in [-0.05, 0) is 42.8 Å². The minimum atomic E-state index is 0.664. The number of nitrogens with zero attached hydrogens (tertiary/aromatic N) is 1. The van der Waals surface area contributed by atoms with Crippen molar-refractivity contribution in [3.8, 4) is 0 Å². The highest BCUT2D eigenvalue weighted by molar-refractivity contribution is 9.10. The fraction of sp³-hybridized carbons (Fsp3) is 0.200. The number of para-hydroxylation sites is 1. The van der Waals surface area contributed by atoms with E-state index in [-0.39, 0.29) is 0 Å². The van der Waals surface area contributed by atoms with Gasteiger partial charge in [0, 0.05) is 22.9 Å². The van der Waals surface area contributed by atoms with E-state index in [1.54, 1.807) is 0 Å². The predicted octanol–water partition coefficient (Wildman–Crippen LogP) is 3.72. The van der Waals surface area contributed by atoms with Crippen LogP contribution in [0, 0.1) is 0 Å². The standard InChI is InChI=1S/C15H17BrN2/c1-18(14-5-3-2-4-6-14)15-11-13(16)8-7-12(15)9-10-17/h2-8,11H,9-10,17H2,1H3. The molecule has 0 aliphatic heterocycles. The van der Waals surface area contributed by atoms with Crippen molar-refractivity contribution in [1.29, 1.82) is 0 Å². The molecule has 0 amide bonds. The SMILES string of the molecule is CN(c1ccccc1)c1cc(Br)ccc1CCN. The van der Waals surface area contributed by atoms with Crippen molar-refractivity contribution in [1.82, 2.24) is 0 Å². The van der Waals surface area contributed by atoms with Crippen molar-refractivity contribution < 1.29 is 0 Å². The topological polar surface area (TPSA) is 29.3 Å². The second-order valence-electron chi connectivity index (χ2n) is 4.21. The van der Waals surface area contributed by atoms with Crippen molar-refractivity contribution in [3.63, 3.8) is 0 Å². The molecule has 0 aromatic heterocycles. The predicted molar refractivity (Wildman–Crippen MR) is 81.4 cm³/mol. The van der Waals surface area contributed by atoms with Gasteiger partial charge in [-0.3, -0.25) is 0 Å². The summed E-state index contributed by atoms with van der Waals surface area (Å²) in [6.07, 6.45) is 0.889. The van der Waals surface area contributed by atoms with Gasteiger partial charge < -0.3 is 10.6 Å². The third-order valence-electron chi connectivity index (χ3n) is 2.97. The van der Waals surface area contributed by atoms with Crippen molar-refractivity contribution in [3.05, 3.63) is 58.6 Å². The summed E-state index contributed by atoms with van der Waals surface area (Å²) in [5, 5.41) is 0. The third-order valence-corrected chi connectivity index (χ3v) is 3.46. The molecule has 0 spiro atoms. The zero-order chi connectivity index (χ0) is 13.0. The molecule has 0 aliphatic carbocycles. The number of hydrogen-bond acceptors (Lipinski definition) is 2. The maximum Gasteiger partial charge on any atom is 0.0452 e. The molecule has 0 aliphatic rings. The Balaban J connectivity index is 2.40. The zero-order valence-electron chi connectivity index (χ0n) is 10.4. The smallest absolute Gasteiger partial charge is 0.0452 e. The van der Waals surface area contributed by atoms with Gasteiger partial charge >= 0.3 is 0 Å². The van der Waals surface area contributed by atoms with E-state index >= 15 is 0 Å². The summed E-state index contributed by atoms with van der Waals surface area (Å²) < 4.78 is 1.08. The van der Waals surface area contributed by atoms with Crippen LogP contribution in [0.2, 0.25) is 0 Å². The molecule has 0 bridgehead atoms. The number of halogens is 1. The normalized spacial score (nSPS) is 10.4. The average molecular weight is 305 g/mol. The molecule has 0 radical (unpaired) electrons. The van der Waals surface area contributed by atoms with E-state index in [1.165, 1.54) is 16.9 Å². The Bertz CT molecular complexity index is 511. The first-order chi connectivity index (χ1) is 8.72. The fourth-order valence-corrected chi connectivity index (χ4v) is 2.36. The van der Waals surface area contributed by atoms with Crippen LogP contribution in [0.4, 0.5) is 11.4 Å². The highest BCUT2D eigenvalue weighted by Crippen LogP contribution is 2.29. The van der Waals surface area contributed by atoms with Crippen molar-refractivity contribution in [2.24, 2.45) is 5.73 Å². The molecular formula is C15H17BrN2. The van der Waals surface area contributed by atoms with Gasteiger partial charge in [-0.15, -0.1) is 0 Å². The van der Waals surface area contributed by atoms with Gasteiger partial charge in [0.05, 0.1) is 0 Å². The van der Waals surface area contributed by atoms with Crippen LogP contribution in [0.15, 0.2) is 53.0 Å². The van der Waals surface area contributed by atoms with Gasteiger partial charge in [0.15, 0.2) is 0 Å². The minimum Gasteiger partial charge on any atom is -0.344 e. The lowest BCUT2D eigenvalue weighted by molar-refractivity contribution is 0.960. The van der Waals surface area contributed by atoms with Crippen LogP contribution >= 0.6 is 15.9 Å². The van der Waals surface area contributed by atoms with Gasteiger partial charge in [-0.1, -0.05) is 40.2 Å². The second kappa shape index (κ2) is 6.03. The zero-order valence-corrected chi connectivity index (χ0v) is 12.0. The molecule has 2 nitrogen and oxygen atoms in total. The molecule has 2 rings (SSSR count). The van der Waals surface area contributed by atoms with Gasteiger partial charge in [0.25, 0.3) is 0 Å². The van der Waals surface area contributed by atoms with Crippen LogP contribution in [0.25, 0.3) is 0 Å². The quantitative estimate of drug-likeness (QED) is 0.933. The number of anilines is 2. The van der Waals surface area contributed by atoms with Crippen LogP contribution in [0.3, 0.4) is 0 Å². The third kappa shape index (κ3) is 2.92. The lowest BCUT2D eigenvalue weighted by Gasteiger charge is -2.23. The van der Waals surface area contributed by atoms with Crippen LogP contribution < -0.4 is 10.6 Å². The molecule has 94 valence electrons.